The zero-order valence-electron chi connectivity index (χ0n) is 14.6. The Bertz CT molecular complexity index is 928. The molecule has 26 heavy (non-hydrogen) atoms. The largest absolute Gasteiger partial charge is 0.495 e. The van der Waals surface area contributed by atoms with Gasteiger partial charge < -0.3 is 10.1 Å². The number of ether oxygens (including phenoxy) is 1. The molecule has 0 unspecified atom stereocenters. The van der Waals surface area contributed by atoms with Crippen molar-refractivity contribution in [2.24, 2.45) is 0 Å². The fourth-order valence-corrected chi connectivity index (χ4v) is 3.55. The van der Waals surface area contributed by atoms with Crippen molar-refractivity contribution in [3.8, 4) is 17.1 Å². The van der Waals surface area contributed by atoms with Crippen LogP contribution in [0, 0.1) is 0 Å². The highest BCUT2D eigenvalue weighted by Gasteiger charge is 2.19. The summed E-state index contributed by atoms with van der Waals surface area (Å²) in [6.07, 6.45) is 4.33. The fraction of sp³-hybridized carbons (Fsp3) is 0.238. The predicted molar refractivity (Wildman–Crippen MR) is 105 cm³/mol. The van der Waals surface area contributed by atoms with Gasteiger partial charge in [-0.25, -0.2) is 9.97 Å². The van der Waals surface area contributed by atoms with Crippen molar-refractivity contribution in [3.63, 3.8) is 0 Å². The standard InChI is InChI=1S/C21H20ClN3O/c1-26-19-12-11-15(13-17(19)22)23-21-16-9-5-6-10-18(16)24-20(25-21)14-7-3-2-4-8-14/h2-4,7-8,11-13H,5-6,9-10H2,1H3,(H,23,24,25). The SMILES string of the molecule is COc1ccc(Nc2nc(-c3ccccc3)nc3c2CCCC3)cc1Cl. The van der Waals surface area contributed by atoms with E-state index in [2.05, 4.69) is 5.32 Å². The number of halogens is 1. The number of rotatable bonds is 4. The van der Waals surface area contributed by atoms with E-state index in [1.165, 1.54) is 18.4 Å². The Morgan fingerprint density at radius 1 is 1.00 bits per heavy atom. The molecule has 0 saturated heterocycles. The maximum Gasteiger partial charge on any atom is 0.161 e. The van der Waals surface area contributed by atoms with Crippen LogP contribution in [-0.4, -0.2) is 17.1 Å². The summed E-state index contributed by atoms with van der Waals surface area (Å²) in [7, 11) is 1.61. The van der Waals surface area contributed by atoms with Gasteiger partial charge in [-0.3, -0.25) is 0 Å². The first-order valence-corrected chi connectivity index (χ1v) is 9.18. The summed E-state index contributed by atoms with van der Waals surface area (Å²) in [6.45, 7) is 0. The van der Waals surface area contributed by atoms with Crippen molar-refractivity contribution in [2.45, 2.75) is 25.7 Å². The first-order valence-electron chi connectivity index (χ1n) is 8.80. The second kappa shape index (κ2) is 7.34. The molecule has 1 aliphatic carbocycles. The highest BCUT2D eigenvalue weighted by Crippen LogP contribution is 2.32. The lowest BCUT2D eigenvalue weighted by atomic mass is 9.96. The van der Waals surface area contributed by atoms with E-state index in [-0.39, 0.29) is 0 Å². The van der Waals surface area contributed by atoms with Gasteiger partial charge in [0.1, 0.15) is 11.6 Å². The lowest BCUT2D eigenvalue weighted by molar-refractivity contribution is 0.415. The van der Waals surface area contributed by atoms with Gasteiger partial charge in [-0.2, -0.15) is 0 Å². The minimum absolute atomic E-state index is 0.573. The van der Waals surface area contributed by atoms with Crippen LogP contribution in [0.3, 0.4) is 0 Å². The molecule has 3 aromatic rings. The number of hydrogen-bond donors (Lipinski definition) is 1. The molecule has 4 rings (SSSR count). The van der Waals surface area contributed by atoms with Crippen LogP contribution in [0.2, 0.25) is 5.02 Å². The fourth-order valence-electron chi connectivity index (χ4n) is 3.29. The monoisotopic (exact) mass is 365 g/mol. The summed E-state index contributed by atoms with van der Waals surface area (Å²) in [5.41, 5.74) is 4.27. The number of aryl methyl sites for hydroxylation is 1. The van der Waals surface area contributed by atoms with E-state index in [0.29, 0.717) is 10.8 Å². The third-order valence-electron chi connectivity index (χ3n) is 4.63. The van der Waals surface area contributed by atoms with Crippen LogP contribution >= 0.6 is 11.6 Å². The van der Waals surface area contributed by atoms with Gasteiger partial charge >= 0.3 is 0 Å². The van der Waals surface area contributed by atoms with Crippen LogP contribution in [0.25, 0.3) is 11.4 Å². The molecular weight excluding hydrogens is 346 g/mol. The predicted octanol–water partition coefficient (Wildman–Crippen LogP) is 5.43. The zero-order chi connectivity index (χ0) is 17.9. The quantitative estimate of drug-likeness (QED) is 0.669. The van der Waals surface area contributed by atoms with Crippen molar-refractivity contribution in [1.82, 2.24) is 9.97 Å². The number of fused-ring (bicyclic) bond motifs is 1. The second-order valence-corrected chi connectivity index (χ2v) is 6.78. The zero-order valence-corrected chi connectivity index (χ0v) is 15.4. The number of benzene rings is 2. The number of methoxy groups -OCH3 is 1. The van der Waals surface area contributed by atoms with E-state index in [9.17, 15) is 0 Å². The Morgan fingerprint density at radius 3 is 2.58 bits per heavy atom. The molecule has 0 fully saturated rings. The third-order valence-corrected chi connectivity index (χ3v) is 4.93. The van der Waals surface area contributed by atoms with Crippen molar-refractivity contribution in [2.75, 3.05) is 12.4 Å². The average Bonchev–Trinajstić information content (AvgIpc) is 2.69. The van der Waals surface area contributed by atoms with Gasteiger partial charge in [-0.05, 0) is 43.9 Å². The first-order chi connectivity index (χ1) is 12.7. The molecule has 0 aliphatic heterocycles. The molecule has 0 radical (unpaired) electrons. The van der Waals surface area contributed by atoms with E-state index >= 15 is 0 Å². The van der Waals surface area contributed by atoms with Gasteiger partial charge in [0.2, 0.25) is 0 Å². The summed E-state index contributed by atoms with van der Waals surface area (Å²) >= 11 is 6.27. The van der Waals surface area contributed by atoms with Crippen LogP contribution in [0.1, 0.15) is 24.1 Å². The lowest BCUT2D eigenvalue weighted by Gasteiger charge is -2.20. The van der Waals surface area contributed by atoms with E-state index in [4.69, 9.17) is 26.3 Å². The summed E-state index contributed by atoms with van der Waals surface area (Å²) in [4.78, 5) is 9.66. The topological polar surface area (TPSA) is 47.0 Å². The molecule has 1 aromatic heterocycles. The maximum atomic E-state index is 6.27. The van der Waals surface area contributed by atoms with E-state index < -0.39 is 0 Å². The molecule has 0 spiro atoms. The first kappa shape index (κ1) is 16.9. The van der Waals surface area contributed by atoms with Crippen LogP contribution in [0.4, 0.5) is 11.5 Å². The van der Waals surface area contributed by atoms with Crippen LogP contribution in [0.15, 0.2) is 48.5 Å². The Morgan fingerprint density at radius 2 is 1.81 bits per heavy atom. The molecule has 4 nitrogen and oxygen atoms in total. The second-order valence-electron chi connectivity index (χ2n) is 6.37. The Hall–Kier alpha value is -2.59. The van der Waals surface area contributed by atoms with Gasteiger partial charge in [0, 0.05) is 22.5 Å². The molecule has 0 atom stereocenters. The number of nitrogens with zero attached hydrogens (tertiary/aromatic N) is 2. The van der Waals surface area contributed by atoms with Gasteiger partial charge in [0.05, 0.1) is 12.1 Å². The van der Waals surface area contributed by atoms with Gasteiger partial charge in [0.15, 0.2) is 5.82 Å². The molecular formula is C21H20ClN3O. The van der Waals surface area contributed by atoms with Crippen molar-refractivity contribution in [1.29, 1.82) is 0 Å². The molecule has 1 aliphatic rings. The molecule has 1 heterocycles. The summed E-state index contributed by atoms with van der Waals surface area (Å²) in [5.74, 6) is 2.29. The molecule has 0 bridgehead atoms. The summed E-state index contributed by atoms with van der Waals surface area (Å²) < 4.78 is 5.23. The van der Waals surface area contributed by atoms with Crippen molar-refractivity contribution >= 4 is 23.1 Å². The maximum absolute atomic E-state index is 6.27. The van der Waals surface area contributed by atoms with Crippen molar-refractivity contribution in [3.05, 3.63) is 64.8 Å². The minimum atomic E-state index is 0.573. The molecule has 1 N–H and O–H groups in total. The number of nitrogens with one attached hydrogen (secondary N) is 1. The third kappa shape index (κ3) is 3.37. The Kier molecular flexibility index (Phi) is 4.76. The Balaban J connectivity index is 1.75. The van der Waals surface area contributed by atoms with E-state index in [1.807, 2.05) is 48.5 Å². The average molecular weight is 366 g/mol. The lowest BCUT2D eigenvalue weighted by Crippen LogP contribution is -2.12. The summed E-state index contributed by atoms with van der Waals surface area (Å²) in [6, 6.07) is 15.8. The van der Waals surface area contributed by atoms with Crippen molar-refractivity contribution < 1.29 is 4.74 Å². The molecule has 0 amide bonds. The van der Waals surface area contributed by atoms with Gasteiger partial charge in [-0.15, -0.1) is 0 Å². The highest BCUT2D eigenvalue weighted by molar-refractivity contribution is 6.32. The molecule has 2 aromatic carbocycles. The molecule has 0 saturated carbocycles. The number of hydrogen-bond acceptors (Lipinski definition) is 4. The number of aromatic nitrogens is 2. The molecule has 5 heteroatoms. The van der Waals surface area contributed by atoms with Crippen LogP contribution in [-0.2, 0) is 12.8 Å². The van der Waals surface area contributed by atoms with Gasteiger partial charge in [0.25, 0.3) is 0 Å². The molecule has 132 valence electrons. The highest BCUT2D eigenvalue weighted by atomic mass is 35.5. The number of anilines is 2. The van der Waals surface area contributed by atoms with E-state index in [1.54, 1.807) is 7.11 Å². The Labute approximate surface area is 158 Å². The van der Waals surface area contributed by atoms with Gasteiger partial charge in [-0.1, -0.05) is 41.9 Å². The van der Waals surface area contributed by atoms with Crippen LogP contribution in [0.5, 0.6) is 5.75 Å². The van der Waals surface area contributed by atoms with Crippen LogP contribution < -0.4 is 10.1 Å². The normalized spacial score (nSPS) is 13.2. The minimum Gasteiger partial charge on any atom is -0.495 e. The van der Waals surface area contributed by atoms with E-state index in [0.717, 1.165) is 41.4 Å². The summed E-state index contributed by atoms with van der Waals surface area (Å²) in [5, 5.41) is 4.02. The smallest absolute Gasteiger partial charge is 0.161 e.